The fraction of sp³-hybridized carbons (Fsp3) is 0.381. The summed E-state index contributed by atoms with van der Waals surface area (Å²) in [6, 6.07) is 11.7. The molecule has 1 aliphatic heterocycles. The zero-order valence-electron chi connectivity index (χ0n) is 16.2. The van der Waals surface area contributed by atoms with Crippen LogP contribution in [-0.4, -0.2) is 39.6 Å². The van der Waals surface area contributed by atoms with Gasteiger partial charge in [0.25, 0.3) is 0 Å². The first-order valence-electron chi connectivity index (χ1n) is 9.25. The topological polar surface area (TPSA) is 72.9 Å². The molecule has 1 fully saturated rings. The maximum atomic E-state index is 13.0. The summed E-state index contributed by atoms with van der Waals surface area (Å²) in [6.45, 7) is 3.60. The Bertz CT molecular complexity index is 932. The summed E-state index contributed by atoms with van der Waals surface area (Å²) < 4.78 is 36.6. The number of nitrogens with zero attached hydrogens (tertiary/aromatic N) is 1. The first-order valence-corrected chi connectivity index (χ1v) is 10.7. The highest BCUT2D eigenvalue weighted by Crippen LogP contribution is 2.24. The second kappa shape index (κ2) is 8.75. The van der Waals surface area contributed by atoms with Crippen molar-refractivity contribution in [3.05, 3.63) is 59.2 Å². The molecule has 0 radical (unpaired) electrons. The number of amides is 1. The highest BCUT2D eigenvalue weighted by molar-refractivity contribution is 7.91. The Labute approximate surface area is 166 Å². The summed E-state index contributed by atoms with van der Waals surface area (Å²) in [5, 5.41) is 0. The van der Waals surface area contributed by atoms with Crippen LogP contribution in [0.2, 0.25) is 0 Å². The molecule has 7 heteroatoms. The van der Waals surface area contributed by atoms with Gasteiger partial charge in [-0.2, -0.15) is 0 Å². The third kappa shape index (κ3) is 4.72. The van der Waals surface area contributed by atoms with E-state index < -0.39 is 9.84 Å². The van der Waals surface area contributed by atoms with Crippen LogP contribution in [0.5, 0.6) is 0 Å². The number of hydrogen-bond acceptors (Lipinski definition) is 5. The Hall–Kier alpha value is -2.38. The molecule has 1 amide bonds. The predicted molar refractivity (Wildman–Crippen MR) is 105 cm³/mol. The number of sulfone groups is 1. The molecule has 0 bridgehead atoms. The molecule has 2 aromatic carbocycles. The number of ether oxygens (including phenoxy) is 2. The second-order valence-electron chi connectivity index (χ2n) is 6.98. The molecule has 6 nitrogen and oxygen atoms in total. The quantitative estimate of drug-likeness (QED) is 0.735. The van der Waals surface area contributed by atoms with Gasteiger partial charge in [-0.15, -0.1) is 0 Å². The van der Waals surface area contributed by atoms with Gasteiger partial charge < -0.3 is 14.4 Å². The number of benzene rings is 2. The van der Waals surface area contributed by atoms with E-state index in [0.29, 0.717) is 24.2 Å². The van der Waals surface area contributed by atoms with E-state index in [-0.39, 0.29) is 29.1 Å². The van der Waals surface area contributed by atoms with Crippen molar-refractivity contribution in [3.8, 4) is 0 Å². The fourth-order valence-electron chi connectivity index (χ4n) is 3.21. The normalized spacial score (nSPS) is 14.3. The van der Waals surface area contributed by atoms with Crippen LogP contribution < -0.4 is 0 Å². The molecule has 0 N–H and O–H groups in total. The number of hydrogen-bond donors (Lipinski definition) is 0. The molecular formula is C21H25NO5S. The number of aryl methyl sites for hydroxylation is 1. The molecule has 150 valence electrons. The Balaban J connectivity index is 1.86. The summed E-state index contributed by atoms with van der Waals surface area (Å²) in [4.78, 5) is 14.2. The van der Waals surface area contributed by atoms with Crippen LogP contribution in [0.4, 0.5) is 4.79 Å². The van der Waals surface area contributed by atoms with Crippen LogP contribution in [0, 0.1) is 6.92 Å². The van der Waals surface area contributed by atoms with Gasteiger partial charge in [-0.05, 0) is 61.2 Å². The molecule has 0 saturated carbocycles. The van der Waals surface area contributed by atoms with Gasteiger partial charge in [0.1, 0.15) is 6.61 Å². The van der Waals surface area contributed by atoms with Crippen molar-refractivity contribution < 1.29 is 22.7 Å². The molecule has 0 aliphatic carbocycles. The lowest BCUT2D eigenvalue weighted by molar-refractivity contribution is 0.104. The number of carbonyl (C=O) groups is 1. The lowest BCUT2D eigenvalue weighted by Crippen LogP contribution is -2.28. The molecular weight excluding hydrogens is 378 g/mol. The first-order chi connectivity index (χ1) is 13.4. The second-order valence-corrected chi connectivity index (χ2v) is 8.93. The van der Waals surface area contributed by atoms with E-state index in [1.165, 1.54) is 0 Å². The van der Waals surface area contributed by atoms with Crippen molar-refractivity contribution in [2.24, 2.45) is 0 Å². The zero-order chi connectivity index (χ0) is 20.1. The molecule has 0 aromatic heterocycles. The van der Waals surface area contributed by atoms with E-state index in [0.717, 1.165) is 18.4 Å². The van der Waals surface area contributed by atoms with Gasteiger partial charge in [0, 0.05) is 20.2 Å². The van der Waals surface area contributed by atoms with Crippen LogP contribution in [0.25, 0.3) is 0 Å². The average molecular weight is 404 g/mol. The van der Waals surface area contributed by atoms with Crippen molar-refractivity contribution in [2.45, 2.75) is 42.8 Å². The van der Waals surface area contributed by atoms with Crippen molar-refractivity contribution in [3.63, 3.8) is 0 Å². The van der Waals surface area contributed by atoms with Gasteiger partial charge in [0.05, 0.1) is 16.4 Å². The number of likely N-dealkylation sites (tertiary alicyclic amines) is 1. The van der Waals surface area contributed by atoms with E-state index >= 15 is 0 Å². The van der Waals surface area contributed by atoms with E-state index in [2.05, 4.69) is 0 Å². The summed E-state index contributed by atoms with van der Waals surface area (Å²) in [5.41, 5.74) is 2.32. The van der Waals surface area contributed by atoms with Crippen molar-refractivity contribution in [2.75, 3.05) is 20.2 Å². The molecule has 0 spiro atoms. The minimum Gasteiger partial charge on any atom is -0.445 e. The molecule has 0 unspecified atom stereocenters. The number of rotatable bonds is 6. The molecule has 0 atom stereocenters. The molecule has 1 heterocycles. The lowest BCUT2D eigenvalue weighted by atomic mass is 10.1. The van der Waals surface area contributed by atoms with Crippen LogP contribution in [0.15, 0.2) is 52.3 Å². The lowest BCUT2D eigenvalue weighted by Gasteiger charge is -2.16. The van der Waals surface area contributed by atoms with E-state index in [1.54, 1.807) is 54.5 Å². The smallest absolute Gasteiger partial charge is 0.410 e. The van der Waals surface area contributed by atoms with Crippen molar-refractivity contribution in [1.82, 2.24) is 4.90 Å². The van der Waals surface area contributed by atoms with Gasteiger partial charge in [0.2, 0.25) is 9.84 Å². The average Bonchev–Trinajstić information content (AvgIpc) is 3.21. The van der Waals surface area contributed by atoms with Crippen molar-refractivity contribution in [1.29, 1.82) is 0 Å². The maximum absolute atomic E-state index is 13.0. The standard InChI is InChI=1S/C21H25NO5S/c1-16-5-7-19(8-6-16)28(24,25)20-12-17(14-26-2)11-18(13-20)15-27-21(23)22-9-3-4-10-22/h5-8,11-13H,3-4,9-10,14-15H2,1-2H3. The van der Waals surface area contributed by atoms with Crippen LogP contribution in [0.3, 0.4) is 0 Å². The molecule has 2 aromatic rings. The van der Waals surface area contributed by atoms with Gasteiger partial charge in [-0.1, -0.05) is 17.7 Å². The Morgan fingerprint density at radius 2 is 1.57 bits per heavy atom. The number of carbonyl (C=O) groups excluding carboxylic acids is 1. The minimum atomic E-state index is -3.68. The summed E-state index contributed by atoms with van der Waals surface area (Å²) in [7, 11) is -2.13. The summed E-state index contributed by atoms with van der Waals surface area (Å²) in [5.74, 6) is 0. The summed E-state index contributed by atoms with van der Waals surface area (Å²) >= 11 is 0. The van der Waals surface area contributed by atoms with Gasteiger partial charge in [0.15, 0.2) is 0 Å². The molecule has 3 rings (SSSR count). The summed E-state index contributed by atoms with van der Waals surface area (Å²) in [6.07, 6.45) is 1.60. The third-order valence-electron chi connectivity index (χ3n) is 4.71. The van der Waals surface area contributed by atoms with E-state index in [9.17, 15) is 13.2 Å². The fourth-order valence-corrected chi connectivity index (χ4v) is 4.59. The Kier molecular flexibility index (Phi) is 6.36. The molecule has 1 saturated heterocycles. The molecule has 28 heavy (non-hydrogen) atoms. The van der Waals surface area contributed by atoms with Gasteiger partial charge >= 0.3 is 6.09 Å². The number of methoxy groups -OCH3 is 1. The van der Waals surface area contributed by atoms with Gasteiger partial charge in [-0.3, -0.25) is 0 Å². The van der Waals surface area contributed by atoms with Crippen LogP contribution in [-0.2, 0) is 32.5 Å². The minimum absolute atomic E-state index is 0.0172. The SMILES string of the molecule is COCc1cc(COC(=O)N2CCCC2)cc(S(=O)(=O)c2ccc(C)cc2)c1. The van der Waals surface area contributed by atoms with Crippen LogP contribution in [0.1, 0.15) is 29.5 Å². The van der Waals surface area contributed by atoms with Crippen molar-refractivity contribution >= 4 is 15.9 Å². The first kappa shape index (κ1) is 20.4. The Morgan fingerprint density at radius 3 is 2.18 bits per heavy atom. The van der Waals surface area contributed by atoms with Crippen LogP contribution >= 0.6 is 0 Å². The monoisotopic (exact) mass is 403 g/mol. The molecule has 1 aliphatic rings. The zero-order valence-corrected chi connectivity index (χ0v) is 17.0. The third-order valence-corrected chi connectivity index (χ3v) is 6.45. The highest BCUT2D eigenvalue weighted by Gasteiger charge is 2.21. The predicted octanol–water partition coefficient (Wildman–Crippen LogP) is 3.71. The Morgan fingerprint density at radius 1 is 0.964 bits per heavy atom. The maximum Gasteiger partial charge on any atom is 0.410 e. The van der Waals surface area contributed by atoms with Gasteiger partial charge in [-0.25, -0.2) is 13.2 Å². The van der Waals surface area contributed by atoms with E-state index in [4.69, 9.17) is 9.47 Å². The largest absolute Gasteiger partial charge is 0.445 e. The van der Waals surface area contributed by atoms with E-state index in [1.807, 2.05) is 6.92 Å². The highest BCUT2D eigenvalue weighted by atomic mass is 32.2.